The van der Waals surface area contributed by atoms with E-state index in [2.05, 4.69) is 41.4 Å². The molecule has 0 aliphatic carbocycles. The molecular weight excluding hydrogens is 328 g/mol. The third kappa shape index (κ3) is 3.62. The molecule has 2 aromatic carbocycles. The van der Waals surface area contributed by atoms with Crippen molar-refractivity contribution >= 4 is 11.6 Å². The lowest BCUT2D eigenvalue weighted by molar-refractivity contribution is 0.0949. The van der Waals surface area contributed by atoms with Crippen LogP contribution in [0.15, 0.2) is 42.5 Å². The Morgan fingerprint density at radius 2 is 1.96 bits per heavy atom. The normalized spacial score (nSPS) is 15.5. The van der Waals surface area contributed by atoms with Crippen molar-refractivity contribution in [1.82, 2.24) is 5.32 Å². The first-order chi connectivity index (χ1) is 12.7. The third-order valence-electron chi connectivity index (χ3n) is 4.86. The molecule has 0 aromatic heterocycles. The molecule has 0 fully saturated rings. The molecule has 0 radical (unpaired) electrons. The highest BCUT2D eigenvalue weighted by Crippen LogP contribution is 2.32. The Morgan fingerprint density at radius 1 is 1.15 bits per heavy atom. The van der Waals surface area contributed by atoms with Crippen molar-refractivity contribution in [3.63, 3.8) is 0 Å². The number of nitrogens with zero attached hydrogens (tertiary/aromatic N) is 1. The van der Waals surface area contributed by atoms with Gasteiger partial charge in [0.2, 0.25) is 0 Å². The monoisotopic (exact) mass is 354 g/mol. The largest absolute Gasteiger partial charge is 0.493 e. The third-order valence-corrected chi connectivity index (χ3v) is 4.86. The molecule has 1 atom stereocenters. The summed E-state index contributed by atoms with van der Waals surface area (Å²) in [5.74, 6) is 0.882. The van der Waals surface area contributed by atoms with Crippen LogP contribution in [-0.4, -0.2) is 39.3 Å². The highest BCUT2D eigenvalue weighted by atomic mass is 16.5. The molecule has 0 spiro atoms. The number of carbonyl (C=O) groups excluding carboxylic acids is 1. The number of fused-ring (bicyclic) bond motifs is 1. The van der Waals surface area contributed by atoms with E-state index >= 15 is 0 Å². The Bertz CT molecular complexity index is 776. The van der Waals surface area contributed by atoms with Gasteiger partial charge in [-0.3, -0.25) is 4.79 Å². The van der Waals surface area contributed by atoms with Crippen molar-refractivity contribution in [2.24, 2.45) is 0 Å². The molecule has 0 unspecified atom stereocenters. The number of benzene rings is 2. The van der Waals surface area contributed by atoms with Gasteiger partial charge < -0.3 is 19.7 Å². The number of hydrogen-bond acceptors (Lipinski definition) is 4. The molecule has 0 saturated heterocycles. The molecule has 1 aliphatic rings. The number of carbonyl (C=O) groups is 1. The molecule has 1 amide bonds. The van der Waals surface area contributed by atoms with E-state index in [-0.39, 0.29) is 5.91 Å². The van der Waals surface area contributed by atoms with Crippen LogP contribution in [0.4, 0.5) is 5.69 Å². The van der Waals surface area contributed by atoms with Gasteiger partial charge in [-0.15, -0.1) is 0 Å². The van der Waals surface area contributed by atoms with Crippen LogP contribution < -0.4 is 19.7 Å². The van der Waals surface area contributed by atoms with Crippen molar-refractivity contribution in [3.05, 3.63) is 53.6 Å². The quantitative estimate of drug-likeness (QED) is 0.776. The fraction of sp³-hybridized carbons (Fsp3) is 0.381. The second-order valence-corrected chi connectivity index (χ2v) is 6.53. The second kappa shape index (κ2) is 8.13. The summed E-state index contributed by atoms with van der Waals surface area (Å²) in [7, 11) is 3.11. The zero-order valence-electron chi connectivity index (χ0n) is 15.6. The highest BCUT2D eigenvalue weighted by molar-refractivity contribution is 5.97. The number of rotatable bonds is 7. The molecule has 138 valence electrons. The van der Waals surface area contributed by atoms with Gasteiger partial charge in [0, 0.05) is 24.8 Å². The maximum Gasteiger partial charge on any atom is 0.255 e. The first-order valence-corrected chi connectivity index (χ1v) is 8.99. The van der Waals surface area contributed by atoms with Crippen LogP contribution >= 0.6 is 0 Å². The van der Waals surface area contributed by atoms with E-state index in [1.54, 1.807) is 32.4 Å². The maximum absolute atomic E-state index is 12.5. The lowest BCUT2D eigenvalue weighted by Crippen LogP contribution is -2.33. The summed E-state index contributed by atoms with van der Waals surface area (Å²) in [5, 5.41) is 2.99. The van der Waals surface area contributed by atoms with Crippen LogP contribution in [-0.2, 0) is 6.42 Å². The summed E-state index contributed by atoms with van der Waals surface area (Å²) in [6.45, 7) is 3.79. The van der Waals surface area contributed by atoms with E-state index in [1.165, 1.54) is 11.3 Å². The predicted molar refractivity (Wildman–Crippen MR) is 103 cm³/mol. The van der Waals surface area contributed by atoms with E-state index in [9.17, 15) is 4.79 Å². The number of hydrogen-bond donors (Lipinski definition) is 1. The van der Waals surface area contributed by atoms with Crippen LogP contribution in [0.25, 0.3) is 0 Å². The minimum Gasteiger partial charge on any atom is -0.493 e. The molecule has 1 heterocycles. The minimum absolute atomic E-state index is 0.143. The summed E-state index contributed by atoms with van der Waals surface area (Å²) in [4.78, 5) is 14.9. The number of para-hydroxylation sites is 2. The highest BCUT2D eigenvalue weighted by Gasteiger charge is 2.24. The van der Waals surface area contributed by atoms with Gasteiger partial charge in [0.25, 0.3) is 5.91 Å². The van der Waals surface area contributed by atoms with E-state index in [0.717, 1.165) is 19.4 Å². The Morgan fingerprint density at radius 3 is 2.73 bits per heavy atom. The van der Waals surface area contributed by atoms with Crippen molar-refractivity contribution in [2.45, 2.75) is 25.8 Å². The van der Waals surface area contributed by atoms with Crippen LogP contribution in [0, 0.1) is 0 Å². The van der Waals surface area contributed by atoms with Gasteiger partial charge in [-0.25, -0.2) is 0 Å². The summed E-state index contributed by atoms with van der Waals surface area (Å²) in [6, 6.07) is 14.4. The average Bonchev–Trinajstić information content (AvgIpc) is 2.99. The van der Waals surface area contributed by atoms with Crippen LogP contribution in [0.3, 0.4) is 0 Å². The fourth-order valence-electron chi connectivity index (χ4n) is 3.58. The summed E-state index contributed by atoms with van der Waals surface area (Å²) in [5.41, 5.74) is 3.22. The Labute approximate surface area is 154 Å². The summed E-state index contributed by atoms with van der Waals surface area (Å²) < 4.78 is 10.6. The number of nitrogens with one attached hydrogen (secondary N) is 1. The van der Waals surface area contributed by atoms with E-state index in [1.807, 2.05) is 0 Å². The minimum atomic E-state index is -0.143. The van der Waals surface area contributed by atoms with Crippen LogP contribution in [0.5, 0.6) is 11.5 Å². The van der Waals surface area contributed by atoms with Gasteiger partial charge in [-0.1, -0.05) is 24.3 Å². The predicted octanol–water partition coefficient (Wildman–Crippen LogP) is 3.27. The van der Waals surface area contributed by atoms with E-state index in [4.69, 9.17) is 9.47 Å². The first kappa shape index (κ1) is 18.1. The molecule has 1 N–H and O–H groups in total. The van der Waals surface area contributed by atoms with Crippen molar-refractivity contribution < 1.29 is 14.3 Å². The molecule has 3 rings (SSSR count). The molecule has 0 bridgehead atoms. The van der Waals surface area contributed by atoms with Gasteiger partial charge in [-0.05, 0) is 43.5 Å². The SMILES string of the molecule is COc1cccc(C(=O)NCCCN2c3ccccc3C[C@H]2C)c1OC. The molecule has 2 aromatic rings. The lowest BCUT2D eigenvalue weighted by Gasteiger charge is -2.25. The van der Waals surface area contributed by atoms with Gasteiger partial charge in [-0.2, -0.15) is 0 Å². The van der Waals surface area contributed by atoms with Gasteiger partial charge in [0.15, 0.2) is 11.5 Å². The summed E-state index contributed by atoms with van der Waals surface area (Å²) >= 11 is 0. The zero-order chi connectivity index (χ0) is 18.5. The topological polar surface area (TPSA) is 50.8 Å². The van der Waals surface area contributed by atoms with Crippen molar-refractivity contribution in [2.75, 3.05) is 32.2 Å². The second-order valence-electron chi connectivity index (χ2n) is 6.53. The molecular formula is C21H26N2O3. The number of amides is 1. The molecule has 5 nitrogen and oxygen atoms in total. The Hall–Kier alpha value is -2.69. The maximum atomic E-state index is 12.5. The van der Waals surface area contributed by atoms with Gasteiger partial charge in [0.1, 0.15) is 0 Å². The average molecular weight is 354 g/mol. The number of ether oxygens (including phenoxy) is 2. The molecule has 5 heteroatoms. The van der Waals surface area contributed by atoms with Gasteiger partial charge >= 0.3 is 0 Å². The van der Waals surface area contributed by atoms with E-state index < -0.39 is 0 Å². The van der Waals surface area contributed by atoms with Gasteiger partial charge in [0.05, 0.1) is 19.8 Å². The summed E-state index contributed by atoms with van der Waals surface area (Å²) in [6.07, 6.45) is 1.97. The molecule has 26 heavy (non-hydrogen) atoms. The zero-order valence-corrected chi connectivity index (χ0v) is 15.6. The molecule has 0 saturated carbocycles. The van der Waals surface area contributed by atoms with E-state index in [0.29, 0.717) is 29.6 Å². The van der Waals surface area contributed by atoms with Crippen molar-refractivity contribution in [1.29, 1.82) is 0 Å². The standard InChI is InChI=1S/C21H26N2O3/c1-15-14-16-8-4-5-10-18(16)23(15)13-7-12-22-21(24)17-9-6-11-19(25-2)20(17)26-3/h4-6,8-11,15H,7,12-14H2,1-3H3,(H,22,24)/t15-/m1/s1. The molecule has 1 aliphatic heterocycles. The number of anilines is 1. The Kier molecular flexibility index (Phi) is 5.66. The van der Waals surface area contributed by atoms with Crippen LogP contribution in [0.2, 0.25) is 0 Å². The Balaban J connectivity index is 1.55. The first-order valence-electron chi connectivity index (χ1n) is 8.99. The number of methoxy groups -OCH3 is 2. The fourth-order valence-corrected chi connectivity index (χ4v) is 3.58. The smallest absolute Gasteiger partial charge is 0.255 e. The lowest BCUT2D eigenvalue weighted by atomic mass is 10.1. The van der Waals surface area contributed by atoms with Crippen molar-refractivity contribution in [3.8, 4) is 11.5 Å². The van der Waals surface area contributed by atoms with Crippen LogP contribution in [0.1, 0.15) is 29.3 Å².